The Balaban J connectivity index is 1.48. The summed E-state index contributed by atoms with van der Waals surface area (Å²) in [7, 11) is 0. The first kappa shape index (κ1) is 21.7. The maximum atomic E-state index is 12.3. The molecule has 0 radical (unpaired) electrons. The van der Waals surface area contributed by atoms with Crippen LogP contribution in [0.15, 0.2) is 42.5 Å². The molecule has 0 bridgehead atoms. The standard InChI is InChI=1S/C24H31N3O3/c1-16(2)13-14-30-20-11-9-19(10-12-20)26-23(28)15-25-21-5-4-6-22(17(21)3)27-24(29)18-7-8-18/h4-6,9-12,16,18,25H,7-8,13-15H2,1-3H3,(H,26,28)(H,27,29). The molecule has 30 heavy (non-hydrogen) atoms. The molecule has 1 saturated carbocycles. The molecular weight excluding hydrogens is 378 g/mol. The summed E-state index contributed by atoms with van der Waals surface area (Å²) >= 11 is 0. The minimum Gasteiger partial charge on any atom is -0.494 e. The summed E-state index contributed by atoms with van der Waals surface area (Å²) in [5.41, 5.74) is 3.25. The largest absolute Gasteiger partial charge is 0.494 e. The van der Waals surface area contributed by atoms with E-state index in [1.165, 1.54) is 0 Å². The number of carbonyl (C=O) groups excluding carboxylic acids is 2. The number of anilines is 3. The lowest BCUT2D eigenvalue weighted by molar-refractivity contribution is -0.117. The van der Waals surface area contributed by atoms with Crippen molar-refractivity contribution >= 4 is 28.9 Å². The first-order valence-corrected chi connectivity index (χ1v) is 10.6. The highest BCUT2D eigenvalue weighted by Crippen LogP contribution is 2.31. The fourth-order valence-corrected chi connectivity index (χ4v) is 2.97. The third-order valence-corrected chi connectivity index (χ3v) is 5.08. The SMILES string of the molecule is Cc1c(NCC(=O)Nc2ccc(OCCC(C)C)cc2)cccc1NC(=O)C1CC1. The van der Waals surface area contributed by atoms with Crippen molar-refractivity contribution in [2.75, 3.05) is 29.1 Å². The molecule has 6 nitrogen and oxygen atoms in total. The molecule has 0 aromatic heterocycles. The zero-order valence-electron chi connectivity index (χ0n) is 18.0. The Morgan fingerprint density at radius 3 is 2.40 bits per heavy atom. The van der Waals surface area contributed by atoms with Crippen LogP contribution in [0.4, 0.5) is 17.1 Å². The molecule has 0 atom stereocenters. The molecule has 0 saturated heterocycles. The van der Waals surface area contributed by atoms with Crippen molar-refractivity contribution in [3.63, 3.8) is 0 Å². The van der Waals surface area contributed by atoms with Crippen molar-refractivity contribution < 1.29 is 14.3 Å². The summed E-state index contributed by atoms with van der Waals surface area (Å²) < 4.78 is 5.70. The van der Waals surface area contributed by atoms with E-state index in [1.807, 2.05) is 49.4 Å². The molecule has 2 aromatic carbocycles. The molecule has 2 aromatic rings. The zero-order chi connectivity index (χ0) is 21.5. The number of benzene rings is 2. The summed E-state index contributed by atoms with van der Waals surface area (Å²) in [4.78, 5) is 24.3. The molecule has 6 heteroatoms. The van der Waals surface area contributed by atoms with Gasteiger partial charge in [-0.05, 0) is 74.1 Å². The second kappa shape index (κ2) is 10.1. The average Bonchev–Trinajstić information content (AvgIpc) is 3.55. The van der Waals surface area contributed by atoms with Crippen molar-refractivity contribution in [3.05, 3.63) is 48.0 Å². The highest BCUT2D eigenvalue weighted by atomic mass is 16.5. The van der Waals surface area contributed by atoms with Gasteiger partial charge in [0.1, 0.15) is 5.75 Å². The van der Waals surface area contributed by atoms with Gasteiger partial charge in [0.15, 0.2) is 0 Å². The molecule has 1 aliphatic carbocycles. The lowest BCUT2D eigenvalue weighted by Gasteiger charge is -2.14. The topological polar surface area (TPSA) is 79.5 Å². The molecule has 3 rings (SSSR count). The van der Waals surface area contributed by atoms with Gasteiger partial charge in [-0.15, -0.1) is 0 Å². The highest BCUT2D eigenvalue weighted by molar-refractivity contribution is 5.96. The molecule has 0 spiro atoms. The van der Waals surface area contributed by atoms with E-state index in [4.69, 9.17) is 4.74 Å². The fraction of sp³-hybridized carbons (Fsp3) is 0.417. The van der Waals surface area contributed by atoms with Crippen molar-refractivity contribution in [1.29, 1.82) is 0 Å². The molecule has 0 aliphatic heterocycles. The van der Waals surface area contributed by atoms with Crippen LogP contribution < -0.4 is 20.7 Å². The van der Waals surface area contributed by atoms with E-state index in [1.54, 1.807) is 0 Å². The van der Waals surface area contributed by atoms with Crippen LogP contribution in [0.2, 0.25) is 0 Å². The number of carbonyl (C=O) groups is 2. The molecular formula is C24H31N3O3. The summed E-state index contributed by atoms with van der Waals surface area (Å²) in [6, 6.07) is 13.0. The Morgan fingerprint density at radius 2 is 1.73 bits per heavy atom. The predicted octanol–water partition coefficient (Wildman–Crippen LogP) is 4.82. The van der Waals surface area contributed by atoms with Gasteiger partial charge in [-0.25, -0.2) is 0 Å². The number of ether oxygens (including phenoxy) is 1. The van der Waals surface area contributed by atoms with Gasteiger partial charge in [-0.2, -0.15) is 0 Å². The molecule has 0 unspecified atom stereocenters. The normalized spacial score (nSPS) is 13.1. The first-order chi connectivity index (χ1) is 14.4. The van der Waals surface area contributed by atoms with Crippen LogP contribution in [0.3, 0.4) is 0 Å². The van der Waals surface area contributed by atoms with E-state index < -0.39 is 0 Å². The second-order valence-electron chi connectivity index (χ2n) is 8.20. The van der Waals surface area contributed by atoms with E-state index >= 15 is 0 Å². The third kappa shape index (κ3) is 6.51. The van der Waals surface area contributed by atoms with Gasteiger partial charge in [-0.3, -0.25) is 9.59 Å². The van der Waals surface area contributed by atoms with E-state index in [-0.39, 0.29) is 24.3 Å². The molecule has 1 aliphatic rings. The second-order valence-corrected chi connectivity index (χ2v) is 8.20. The number of hydrogen-bond acceptors (Lipinski definition) is 4. The van der Waals surface area contributed by atoms with Gasteiger partial charge >= 0.3 is 0 Å². The average molecular weight is 410 g/mol. The van der Waals surface area contributed by atoms with Gasteiger partial charge < -0.3 is 20.7 Å². The Morgan fingerprint density at radius 1 is 1.03 bits per heavy atom. The smallest absolute Gasteiger partial charge is 0.243 e. The van der Waals surface area contributed by atoms with Crippen LogP contribution in [0.1, 0.15) is 38.7 Å². The molecule has 3 N–H and O–H groups in total. The number of hydrogen-bond donors (Lipinski definition) is 3. The summed E-state index contributed by atoms with van der Waals surface area (Å²) in [5, 5.41) is 9.00. The fourth-order valence-electron chi connectivity index (χ4n) is 2.97. The van der Waals surface area contributed by atoms with Crippen LogP contribution in [0.25, 0.3) is 0 Å². The number of nitrogens with one attached hydrogen (secondary N) is 3. The van der Waals surface area contributed by atoms with Crippen LogP contribution >= 0.6 is 0 Å². The summed E-state index contributed by atoms with van der Waals surface area (Å²) in [6.07, 6.45) is 2.94. The Labute approximate surface area is 178 Å². The lowest BCUT2D eigenvalue weighted by Crippen LogP contribution is -2.22. The minimum atomic E-state index is -0.143. The van der Waals surface area contributed by atoms with E-state index in [0.717, 1.165) is 47.6 Å². The van der Waals surface area contributed by atoms with E-state index in [0.29, 0.717) is 12.5 Å². The van der Waals surface area contributed by atoms with Gasteiger partial charge in [-0.1, -0.05) is 19.9 Å². The third-order valence-electron chi connectivity index (χ3n) is 5.08. The maximum absolute atomic E-state index is 12.3. The van der Waals surface area contributed by atoms with Crippen molar-refractivity contribution in [3.8, 4) is 5.75 Å². The Kier molecular flexibility index (Phi) is 7.33. The van der Waals surface area contributed by atoms with Gasteiger partial charge in [0.25, 0.3) is 0 Å². The summed E-state index contributed by atoms with van der Waals surface area (Å²) in [5.74, 6) is 1.49. The highest BCUT2D eigenvalue weighted by Gasteiger charge is 2.29. The predicted molar refractivity (Wildman–Crippen MR) is 121 cm³/mol. The van der Waals surface area contributed by atoms with Crippen molar-refractivity contribution in [1.82, 2.24) is 0 Å². The quantitative estimate of drug-likeness (QED) is 0.526. The van der Waals surface area contributed by atoms with Crippen LogP contribution in [0, 0.1) is 18.8 Å². The monoisotopic (exact) mass is 409 g/mol. The number of amides is 2. The van der Waals surface area contributed by atoms with Gasteiger partial charge in [0, 0.05) is 23.0 Å². The van der Waals surface area contributed by atoms with Crippen LogP contribution in [-0.2, 0) is 9.59 Å². The van der Waals surface area contributed by atoms with E-state index in [9.17, 15) is 9.59 Å². The van der Waals surface area contributed by atoms with Gasteiger partial charge in [0.2, 0.25) is 11.8 Å². The summed E-state index contributed by atoms with van der Waals surface area (Å²) in [6.45, 7) is 7.08. The zero-order valence-corrected chi connectivity index (χ0v) is 18.0. The molecule has 160 valence electrons. The van der Waals surface area contributed by atoms with Crippen LogP contribution in [0.5, 0.6) is 5.75 Å². The maximum Gasteiger partial charge on any atom is 0.243 e. The first-order valence-electron chi connectivity index (χ1n) is 10.6. The van der Waals surface area contributed by atoms with Crippen molar-refractivity contribution in [2.45, 2.75) is 40.0 Å². The van der Waals surface area contributed by atoms with Crippen LogP contribution in [-0.4, -0.2) is 25.0 Å². The molecule has 0 heterocycles. The van der Waals surface area contributed by atoms with Crippen molar-refractivity contribution in [2.24, 2.45) is 11.8 Å². The number of rotatable bonds is 10. The minimum absolute atomic E-state index is 0.0737. The Hall–Kier alpha value is -3.02. The van der Waals surface area contributed by atoms with E-state index in [2.05, 4.69) is 29.8 Å². The Bertz CT molecular complexity index is 874. The molecule has 2 amide bonds. The van der Waals surface area contributed by atoms with Gasteiger partial charge in [0.05, 0.1) is 13.2 Å². The molecule has 1 fully saturated rings. The lowest BCUT2D eigenvalue weighted by atomic mass is 10.1.